The molecule has 0 bridgehead atoms. The molecule has 0 aliphatic carbocycles. The van der Waals surface area contributed by atoms with Gasteiger partial charge < -0.3 is 24.5 Å². The molecule has 10 heteroatoms. The molecular weight excluding hydrogens is 454 g/mol. The molecule has 0 spiro atoms. The van der Waals surface area contributed by atoms with Crippen LogP contribution in [0.15, 0.2) is 65.8 Å². The lowest BCUT2D eigenvalue weighted by molar-refractivity contribution is -0.198. The Balaban J connectivity index is 2.01. The second kappa shape index (κ2) is 10.7. The number of rotatable bonds is 8. The number of carbonyl (C=O) groups excluding carboxylic acids is 1. The minimum absolute atomic E-state index is 0.212. The zero-order chi connectivity index (χ0) is 24.9. The maximum absolute atomic E-state index is 12.4. The molecule has 2 unspecified atom stereocenters. The van der Waals surface area contributed by atoms with Crippen LogP contribution in [0.4, 0.5) is 0 Å². The van der Waals surface area contributed by atoms with E-state index in [1.54, 1.807) is 0 Å². The van der Waals surface area contributed by atoms with Crippen LogP contribution in [0.25, 0.3) is 10.4 Å². The van der Waals surface area contributed by atoms with Gasteiger partial charge >= 0.3 is 5.97 Å². The predicted octanol–water partition coefficient (Wildman–Crippen LogP) is 1.64. The van der Waals surface area contributed by atoms with Crippen LogP contribution in [-0.2, 0) is 14.3 Å². The maximum Gasteiger partial charge on any atom is 0.302 e. The Hall–Kier alpha value is -2.72. The van der Waals surface area contributed by atoms with Gasteiger partial charge in [0.1, 0.15) is 18.8 Å². The first-order chi connectivity index (χ1) is 16.1. The van der Waals surface area contributed by atoms with Gasteiger partial charge in [-0.15, -0.1) is 0 Å². The van der Waals surface area contributed by atoms with Crippen LogP contribution in [0.3, 0.4) is 0 Å². The molecule has 3 N–H and O–H groups in total. The Kier molecular flexibility index (Phi) is 8.14. The Morgan fingerprint density at radius 2 is 1.59 bits per heavy atom. The summed E-state index contributed by atoms with van der Waals surface area (Å²) >= 11 is 0. The molecule has 1 aliphatic heterocycles. The van der Waals surface area contributed by atoms with Gasteiger partial charge in [-0.1, -0.05) is 79.6 Å². The number of hydrogen-bond acceptors (Lipinski definition) is 7. The zero-order valence-electron chi connectivity index (χ0n) is 19.5. The summed E-state index contributed by atoms with van der Waals surface area (Å²) in [5.74, 6) is -0.547. The van der Waals surface area contributed by atoms with E-state index in [2.05, 4.69) is 10.0 Å². The van der Waals surface area contributed by atoms with E-state index in [4.69, 9.17) is 15.0 Å². The van der Waals surface area contributed by atoms with Gasteiger partial charge in [0.2, 0.25) is 0 Å². The lowest BCUT2D eigenvalue weighted by atomic mass is 9.88. The summed E-state index contributed by atoms with van der Waals surface area (Å²) in [5.41, 5.74) is 9.10. The molecule has 2 aromatic rings. The highest BCUT2D eigenvalue weighted by molar-refractivity contribution is 6.98. The fraction of sp³-hybridized carbons (Fsp3) is 0.458. The molecule has 182 valence electrons. The van der Waals surface area contributed by atoms with Crippen LogP contribution >= 0.6 is 0 Å². The van der Waals surface area contributed by atoms with Crippen molar-refractivity contribution >= 4 is 24.7 Å². The van der Waals surface area contributed by atoms with Crippen molar-refractivity contribution in [1.82, 2.24) is 0 Å². The van der Waals surface area contributed by atoms with Crippen LogP contribution in [0.1, 0.15) is 27.2 Å². The van der Waals surface area contributed by atoms with Crippen molar-refractivity contribution in [2.24, 2.45) is 5.11 Å². The summed E-state index contributed by atoms with van der Waals surface area (Å²) < 4.78 is 11.0. The van der Waals surface area contributed by atoms with Gasteiger partial charge in [-0.05, 0) is 27.4 Å². The fourth-order valence-electron chi connectivity index (χ4n) is 4.69. The lowest BCUT2D eigenvalue weighted by Crippen LogP contribution is -2.67. The molecule has 0 amide bonds. The van der Waals surface area contributed by atoms with Crippen molar-refractivity contribution in [3.05, 3.63) is 71.1 Å². The monoisotopic (exact) mass is 485 g/mol. The highest BCUT2D eigenvalue weighted by atomic mass is 28.4. The first-order valence-corrected chi connectivity index (χ1v) is 13.1. The van der Waals surface area contributed by atoms with Crippen LogP contribution in [0, 0.1) is 0 Å². The molecule has 9 nitrogen and oxygen atoms in total. The third-order valence-corrected chi connectivity index (χ3v) is 11.0. The Morgan fingerprint density at radius 1 is 1.06 bits per heavy atom. The molecule has 5 atom stereocenters. The zero-order valence-corrected chi connectivity index (χ0v) is 20.5. The second-order valence-electron chi connectivity index (χ2n) is 9.22. The number of carbonyl (C=O) groups is 1. The van der Waals surface area contributed by atoms with Gasteiger partial charge in [0.25, 0.3) is 8.32 Å². The van der Waals surface area contributed by atoms with Crippen molar-refractivity contribution in [2.45, 2.75) is 62.7 Å². The molecule has 34 heavy (non-hydrogen) atoms. The molecule has 0 aromatic heterocycles. The maximum atomic E-state index is 12.4. The SMILES string of the molecule is CC(=O)OCC1O[C@@H](CC(C)(C)[Si](O)(c2ccccc2)c2ccccc2)[C@@H](N=[N+]=[N-])C(O)[C@@H]1O. The molecule has 1 saturated heterocycles. The summed E-state index contributed by atoms with van der Waals surface area (Å²) in [6.07, 6.45) is -4.46. The molecular formula is C24H31N3O6Si. The average molecular weight is 486 g/mol. The second-order valence-corrected chi connectivity index (χ2v) is 13.2. The van der Waals surface area contributed by atoms with Gasteiger partial charge in [0.05, 0.1) is 18.2 Å². The van der Waals surface area contributed by atoms with Crippen molar-refractivity contribution in [3.63, 3.8) is 0 Å². The molecule has 3 rings (SSSR count). The summed E-state index contributed by atoms with van der Waals surface area (Å²) in [7, 11) is -3.41. The summed E-state index contributed by atoms with van der Waals surface area (Å²) in [6, 6.07) is 17.8. The van der Waals surface area contributed by atoms with E-state index in [0.717, 1.165) is 10.4 Å². The molecule has 0 radical (unpaired) electrons. The number of ether oxygens (including phenoxy) is 2. The van der Waals surface area contributed by atoms with Crippen LogP contribution in [0.5, 0.6) is 0 Å². The smallest absolute Gasteiger partial charge is 0.302 e. The number of aliphatic hydroxyl groups is 2. The average Bonchev–Trinajstić information content (AvgIpc) is 2.83. The van der Waals surface area contributed by atoms with Gasteiger partial charge in [0.15, 0.2) is 0 Å². The lowest BCUT2D eigenvalue weighted by Gasteiger charge is -2.47. The Morgan fingerprint density at radius 3 is 2.06 bits per heavy atom. The van der Waals surface area contributed by atoms with Gasteiger partial charge in [-0.2, -0.15) is 0 Å². The topological polar surface area (TPSA) is 145 Å². The van der Waals surface area contributed by atoms with E-state index < -0.39 is 49.8 Å². The number of benzene rings is 2. The first kappa shape index (κ1) is 25.9. The third kappa shape index (κ3) is 5.17. The summed E-state index contributed by atoms with van der Waals surface area (Å²) in [5, 5.41) is 25.8. The van der Waals surface area contributed by atoms with Crippen LogP contribution in [-0.4, -0.2) is 66.4 Å². The standard InChI is InChI=1S/C24H31N3O6Si/c1-16(28)32-15-20-22(29)23(30)21(26-27-25)19(33-20)14-24(2,3)34(31,17-10-6-4-7-11-17)18-12-8-5-9-13-18/h4-13,19-23,29-31H,14-15H2,1-3H3/t19-,20?,21+,22+,23?/m0/s1. The fourth-order valence-corrected chi connectivity index (χ4v) is 8.44. The van der Waals surface area contributed by atoms with E-state index in [-0.39, 0.29) is 13.0 Å². The minimum Gasteiger partial charge on any atom is -0.463 e. The summed E-state index contributed by atoms with van der Waals surface area (Å²) in [4.78, 5) is 26.5. The normalized spacial score (nSPS) is 25.3. The van der Waals surface area contributed by atoms with Crippen molar-refractivity contribution < 1.29 is 29.3 Å². The van der Waals surface area contributed by atoms with Crippen molar-refractivity contribution in [1.29, 1.82) is 0 Å². The Labute approximate surface area is 199 Å². The highest BCUT2D eigenvalue weighted by Crippen LogP contribution is 2.43. The Bertz CT molecular complexity index is 976. The number of aliphatic hydroxyl groups excluding tert-OH is 2. The van der Waals surface area contributed by atoms with Crippen molar-refractivity contribution in [3.8, 4) is 0 Å². The predicted molar refractivity (Wildman–Crippen MR) is 129 cm³/mol. The third-order valence-electron chi connectivity index (χ3n) is 6.52. The number of nitrogens with zero attached hydrogens (tertiary/aromatic N) is 3. The molecule has 1 aliphatic rings. The number of azide groups is 1. The van der Waals surface area contributed by atoms with E-state index in [9.17, 15) is 19.8 Å². The molecule has 1 heterocycles. The molecule has 0 saturated carbocycles. The van der Waals surface area contributed by atoms with E-state index in [0.29, 0.717) is 0 Å². The van der Waals surface area contributed by atoms with E-state index in [1.165, 1.54) is 6.92 Å². The highest BCUT2D eigenvalue weighted by Gasteiger charge is 2.54. The number of esters is 1. The van der Waals surface area contributed by atoms with Crippen LogP contribution in [0.2, 0.25) is 5.04 Å². The van der Waals surface area contributed by atoms with Crippen molar-refractivity contribution in [2.75, 3.05) is 6.61 Å². The van der Waals surface area contributed by atoms with Gasteiger partial charge in [-0.3, -0.25) is 4.79 Å². The largest absolute Gasteiger partial charge is 0.463 e. The first-order valence-electron chi connectivity index (χ1n) is 11.1. The molecule has 2 aromatic carbocycles. The summed E-state index contributed by atoms with van der Waals surface area (Å²) in [6.45, 7) is 4.83. The quantitative estimate of drug-likeness (QED) is 0.170. The number of hydrogen-bond donors (Lipinski definition) is 3. The van der Waals surface area contributed by atoms with Gasteiger partial charge in [-0.25, -0.2) is 0 Å². The van der Waals surface area contributed by atoms with Gasteiger partial charge in [0, 0.05) is 11.8 Å². The molecule has 1 fully saturated rings. The minimum atomic E-state index is -3.41. The van der Waals surface area contributed by atoms with Crippen LogP contribution < -0.4 is 10.4 Å². The van der Waals surface area contributed by atoms with E-state index >= 15 is 0 Å². The van der Waals surface area contributed by atoms with E-state index in [1.807, 2.05) is 74.5 Å².